The molecule has 5 heterocycles. The van der Waals surface area contributed by atoms with Crippen LogP contribution in [0.25, 0.3) is 22.2 Å². The molecular weight excluding hydrogens is 499 g/mol. The molecule has 1 aromatic carbocycles. The number of likely N-dealkylation sites (tertiary alicyclic amines) is 1. The highest BCUT2D eigenvalue weighted by atomic mass is 35.5. The standard InChI is InChI=1S/C26H28Cl2N6O2/c1-15-25(28)24(22(27)11-29-15)16(2)36-20-3-4-23-21(9-20)26(32-31-23)17-10-30-34(12-17)18-5-7-33(8-6-18)19-13-35-14-19/h3-4,9-12,16,18-19H,5-8,13-14H2,1-2H3,(H,31,32). The number of hydrogen-bond acceptors (Lipinski definition) is 6. The number of hydrogen-bond donors (Lipinski definition) is 1. The van der Waals surface area contributed by atoms with Crippen molar-refractivity contribution in [2.75, 3.05) is 26.3 Å². The largest absolute Gasteiger partial charge is 0.486 e. The minimum Gasteiger partial charge on any atom is -0.486 e. The molecule has 0 aliphatic carbocycles. The fraction of sp³-hybridized carbons (Fsp3) is 0.423. The van der Waals surface area contributed by atoms with Gasteiger partial charge in [0.2, 0.25) is 0 Å². The van der Waals surface area contributed by atoms with Crippen LogP contribution in [-0.4, -0.2) is 62.2 Å². The Balaban J connectivity index is 1.21. The predicted molar refractivity (Wildman–Crippen MR) is 140 cm³/mol. The number of fused-ring (bicyclic) bond motifs is 1. The van der Waals surface area contributed by atoms with Gasteiger partial charge in [-0.05, 0) is 44.9 Å². The Morgan fingerprint density at radius 2 is 1.94 bits per heavy atom. The van der Waals surface area contributed by atoms with E-state index in [1.807, 2.05) is 38.2 Å². The molecule has 0 saturated carbocycles. The van der Waals surface area contributed by atoms with Gasteiger partial charge in [-0.1, -0.05) is 23.2 Å². The van der Waals surface area contributed by atoms with Gasteiger partial charge >= 0.3 is 0 Å². The number of ether oxygens (including phenoxy) is 2. The monoisotopic (exact) mass is 526 g/mol. The molecular formula is C26H28Cl2N6O2. The first kappa shape index (κ1) is 23.7. The van der Waals surface area contributed by atoms with Crippen molar-refractivity contribution in [3.63, 3.8) is 0 Å². The number of pyridine rings is 1. The molecule has 36 heavy (non-hydrogen) atoms. The van der Waals surface area contributed by atoms with E-state index in [1.165, 1.54) is 0 Å². The molecule has 2 aliphatic heterocycles. The first-order valence-electron chi connectivity index (χ1n) is 12.3. The number of aromatic amines is 1. The van der Waals surface area contributed by atoms with E-state index < -0.39 is 0 Å². The number of piperidine rings is 1. The van der Waals surface area contributed by atoms with Gasteiger partial charge in [0, 0.05) is 42.0 Å². The number of aryl methyl sites for hydroxylation is 1. The Hall–Kier alpha value is -2.65. The van der Waals surface area contributed by atoms with Gasteiger partial charge in [0.15, 0.2) is 0 Å². The van der Waals surface area contributed by atoms with Gasteiger partial charge in [-0.15, -0.1) is 0 Å². The average Bonchev–Trinajstić information content (AvgIpc) is 3.48. The van der Waals surface area contributed by atoms with Crippen molar-refractivity contribution in [2.24, 2.45) is 0 Å². The minimum absolute atomic E-state index is 0.348. The summed E-state index contributed by atoms with van der Waals surface area (Å²) in [7, 11) is 0. The molecule has 0 radical (unpaired) electrons. The third-order valence-corrected chi connectivity index (χ3v) is 8.10. The van der Waals surface area contributed by atoms with E-state index in [4.69, 9.17) is 37.8 Å². The molecule has 2 fully saturated rings. The Morgan fingerprint density at radius 1 is 1.14 bits per heavy atom. The molecule has 2 aliphatic rings. The molecule has 3 aromatic heterocycles. The minimum atomic E-state index is -0.348. The van der Waals surface area contributed by atoms with Crippen LogP contribution < -0.4 is 4.74 Å². The molecule has 0 bridgehead atoms. The molecule has 0 spiro atoms. The summed E-state index contributed by atoms with van der Waals surface area (Å²) in [5, 5.41) is 14.4. The SMILES string of the molecule is Cc1ncc(Cl)c(C(C)Oc2ccc3[nH]nc(-c4cnn(C5CCN(C6COC6)CC5)c4)c3c2)c1Cl. The maximum absolute atomic E-state index is 6.48. The van der Waals surface area contributed by atoms with Crippen LogP contribution >= 0.6 is 23.2 Å². The van der Waals surface area contributed by atoms with Gasteiger partial charge in [-0.25, -0.2) is 0 Å². The summed E-state index contributed by atoms with van der Waals surface area (Å²) in [6.45, 7) is 7.70. The molecule has 1 unspecified atom stereocenters. The summed E-state index contributed by atoms with van der Waals surface area (Å²) in [5.74, 6) is 0.707. The van der Waals surface area contributed by atoms with Crippen LogP contribution in [0.4, 0.5) is 0 Å². The average molecular weight is 527 g/mol. The third kappa shape index (κ3) is 4.36. The van der Waals surface area contributed by atoms with E-state index in [0.717, 1.165) is 72.6 Å². The number of aromatic nitrogens is 5. The van der Waals surface area contributed by atoms with Crippen LogP contribution in [-0.2, 0) is 4.74 Å². The summed E-state index contributed by atoms with van der Waals surface area (Å²) >= 11 is 12.9. The quantitative estimate of drug-likeness (QED) is 0.351. The van der Waals surface area contributed by atoms with E-state index in [-0.39, 0.29) is 6.10 Å². The number of benzene rings is 1. The van der Waals surface area contributed by atoms with Gasteiger partial charge < -0.3 is 9.47 Å². The van der Waals surface area contributed by atoms with E-state index in [0.29, 0.717) is 27.9 Å². The summed E-state index contributed by atoms with van der Waals surface area (Å²) in [6.07, 6.45) is 7.45. The van der Waals surface area contributed by atoms with Crippen LogP contribution in [0, 0.1) is 6.92 Å². The van der Waals surface area contributed by atoms with Crippen molar-refractivity contribution in [3.8, 4) is 17.0 Å². The first-order valence-corrected chi connectivity index (χ1v) is 13.0. The van der Waals surface area contributed by atoms with Crippen molar-refractivity contribution < 1.29 is 9.47 Å². The lowest BCUT2D eigenvalue weighted by Crippen LogP contribution is -2.51. The molecule has 10 heteroatoms. The second kappa shape index (κ2) is 9.67. The number of nitrogens with one attached hydrogen (secondary N) is 1. The van der Waals surface area contributed by atoms with Gasteiger partial charge in [0.1, 0.15) is 17.5 Å². The van der Waals surface area contributed by atoms with E-state index in [2.05, 4.69) is 31.0 Å². The highest BCUT2D eigenvalue weighted by Gasteiger charge is 2.30. The zero-order chi connectivity index (χ0) is 24.8. The molecule has 1 N–H and O–H groups in total. The van der Waals surface area contributed by atoms with E-state index in [1.54, 1.807) is 6.20 Å². The second-order valence-electron chi connectivity index (χ2n) is 9.63. The number of rotatable bonds is 6. The summed E-state index contributed by atoms with van der Waals surface area (Å²) in [6, 6.07) is 6.89. The number of halogens is 2. The Labute approximate surface area is 219 Å². The Morgan fingerprint density at radius 3 is 2.69 bits per heavy atom. The van der Waals surface area contributed by atoms with Gasteiger partial charge in [0.05, 0.1) is 52.8 Å². The summed E-state index contributed by atoms with van der Waals surface area (Å²) < 4.78 is 13.7. The summed E-state index contributed by atoms with van der Waals surface area (Å²) in [5.41, 5.74) is 4.23. The lowest BCUT2D eigenvalue weighted by Gasteiger charge is -2.41. The first-order chi connectivity index (χ1) is 17.5. The fourth-order valence-electron chi connectivity index (χ4n) is 5.11. The molecule has 6 rings (SSSR count). The van der Waals surface area contributed by atoms with Crippen molar-refractivity contribution in [3.05, 3.63) is 58.1 Å². The van der Waals surface area contributed by atoms with Crippen molar-refractivity contribution >= 4 is 34.1 Å². The highest BCUT2D eigenvalue weighted by Crippen LogP contribution is 2.36. The number of nitrogens with zero attached hydrogens (tertiary/aromatic N) is 5. The molecule has 8 nitrogen and oxygen atoms in total. The van der Waals surface area contributed by atoms with Gasteiger partial charge in [-0.3, -0.25) is 19.7 Å². The molecule has 0 amide bonds. The smallest absolute Gasteiger partial charge is 0.124 e. The molecule has 2 saturated heterocycles. The van der Waals surface area contributed by atoms with E-state index in [9.17, 15) is 0 Å². The molecule has 188 valence electrons. The normalized spacial score (nSPS) is 18.4. The Kier molecular flexibility index (Phi) is 6.37. The lowest BCUT2D eigenvalue weighted by molar-refractivity contribution is -0.0734. The van der Waals surface area contributed by atoms with Crippen LogP contribution in [0.3, 0.4) is 0 Å². The molecule has 4 aromatic rings. The van der Waals surface area contributed by atoms with Gasteiger partial charge in [-0.2, -0.15) is 10.2 Å². The third-order valence-electron chi connectivity index (χ3n) is 7.32. The summed E-state index contributed by atoms with van der Waals surface area (Å²) in [4.78, 5) is 6.76. The van der Waals surface area contributed by atoms with Gasteiger partial charge in [0.25, 0.3) is 0 Å². The zero-order valence-corrected chi connectivity index (χ0v) is 21.8. The topological polar surface area (TPSA) is 81.1 Å². The van der Waals surface area contributed by atoms with Crippen molar-refractivity contribution in [2.45, 2.75) is 44.9 Å². The van der Waals surface area contributed by atoms with Crippen LogP contribution in [0.15, 0.2) is 36.8 Å². The zero-order valence-electron chi connectivity index (χ0n) is 20.2. The van der Waals surface area contributed by atoms with Crippen molar-refractivity contribution in [1.29, 1.82) is 0 Å². The Bertz CT molecular complexity index is 1390. The maximum atomic E-state index is 6.48. The lowest BCUT2D eigenvalue weighted by atomic mass is 10.0. The number of H-pyrrole nitrogens is 1. The van der Waals surface area contributed by atoms with Crippen LogP contribution in [0.2, 0.25) is 10.0 Å². The second-order valence-corrected chi connectivity index (χ2v) is 10.4. The van der Waals surface area contributed by atoms with Crippen LogP contribution in [0.5, 0.6) is 5.75 Å². The molecule has 1 atom stereocenters. The fourth-order valence-corrected chi connectivity index (χ4v) is 5.76. The van der Waals surface area contributed by atoms with E-state index >= 15 is 0 Å². The predicted octanol–water partition coefficient (Wildman–Crippen LogP) is 5.61. The highest BCUT2D eigenvalue weighted by molar-refractivity contribution is 6.36. The van der Waals surface area contributed by atoms with Crippen molar-refractivity contribution in [1.82, 2.24) is 29.9 Å². The van der Waals surface area contributed by atoms with Crippen LogP contribution in [0.1, 0.15) is 43.2 Å². The maximum Gasteiger partial charge on any atom is 0.124 e.